The average Bonchev–Trinajstić information content (AvgIpc) is 2.36. The van der Waals surface area contributed by atoms with Gasteiger partial charge in [-0.1, -0.05) is 32.4 Å². The average molecular weight is 302 g/mol. The number of methoxy groups -OCH3 is 1. The predicted molar refractivity (Wildman–Crippen MR) is 78.1 cm³/mol. The van der Waals surface area contributed by atoms with Gasteiger partial charge < -0.3 is 10.1 Å². The van der Waals surface area contributed by atoms with E-state index in [0.29, 0.717) is 12.2 Å². The van der Waals surface area contributed by atoms with Crippen molar-refractivity contribution in [2.75, 3.05) is 19.0 Å². The van der Waals surface area contributed by atoms with Crippen molar-refractivity contribution in [3.05, 3.63) is 21.6 Å². The second-order valence-electron chi connectivity index (χ2n) is 5.65. The van der Waals surface area contributed by atoms with E-state index in [4.69, 9.17) is 11.6 Å². The third-order valence-electron chi connectivity index (χ3n) is 2.68. The molecule has 0 aliphatic heterocycles. The van der Waals surface area contributed by atoms with Gasteiger partial charge in [0.1, 0.15) is 11.6 Å². The molecule has 0 unspecified atom stereocenters. The molecule has 1 rings (SSSR count). The molecular formula is C13H20ClN3O3. The van der Waals surface area contributed by atoms with E-state index >= 15 is 0 Å². The van der Waals surface area contributed by atoms with Crippen LogP contribution in [0.5, 0.6) is 0 Å². The van der Waals surface area contributed by atoms with Gasteiger partial charge in [0, 0.05) is 6.54 Å². The molecule has 0 saturated carbocycles. The van der Waals surface area contributed by atoms with Crippen molar-refractivity contribution in [1.82, 2.24) is 9.78 Å². The van der Waals surface area contributed by atoms with Gasteiger partial charge in [-0.05, 0) is 11.8 Å². The molecule has 0 spiro atoms. The number of nitrogens with zero attached hydrogens (tertiary/aromatic N) is 2. The molecule has 0 bridgehead atoms. The fourth-order valence-corrected chi connectivity index (χ4v) is 1.67. The highest BCUT2D eigenvalue weighted by Crippen LogP contribution is 2.20. The molecule has 0 atom stereocenters. The Morgan fingerprint density at radius 3 is 2.70 bits per heavy atom. The van der Waals surface area contributed by atoms with Crippen molar-refractivity contribution < 1.29 is 9.53 Å². The molecule has 0 radical (unpaired) electrons. The zero-order chi connectivity index (χ0) is 15.3. The van der Waals surface area contributed by atoms with Gasteiger partial charge in [0.05, 0.1) is 19.0 Å². The number of ether oxygens (including phenoxy) is 1. The Morgan fingerprint density at radius 2 is 2.15 bits per heavy atom. The van der Waals surface area contributed by atoms with Gasteiger partial charge in [-0.2, -0.15) is 5.10 Å². The highest BCUT2D eigenvalue weighted by Gasteiger charge is 2.13. The van der Waals surface area contributed by atoms with E-state index in [0.717, 1.165) is 11.1 Å². The minimum atomic E-state index is -0.552. The van der Waals surface area contributed by atoms with Crippen LogP contribution in [-0.4, -0.2) is 29.4 Å². The summed E-state index contributed by atoms with van der Waals surface area (Å²) in [7, 11) is 1.25. The van der Waals surface area contributed by atoms with Gasteiger partial charge in [0.15, 0.2) is 0 Å². The highest BCUT2D eigenvalue weighted by atomic mass is 35.5. The number of hydrogen-bond acceptors (Lipinski definition) is 5. The van der Waals surface area contributed by atoms with Gasteiger partial charge in [-0.25, -0.2) is 4.68 Å². The Balaban J connectivity index is 2.79. The van der Waals surface area contributed by atoms with Crippen molar-refractivity contribution in [2.24, 2.45) is 5.41 Å². The predicted octanol–water partition coefficient (Wildman–Crippen LogP) is 1.92. The van der Waals surface area contributed by atoms with Crippen LogP contribution in [0.25, 0.3) is 0 Å². The van der Waals surface area contributed by atoms with Crippen LogP contribution < -0.4 is 10.9 Å². The standard InChI is InChI=1S/C13H20ClN3O3/c1-13(2,3)5-6-15-9-7-16-17(8-10(18)20-4)12(19)11(9)14/h7,15H,5-6,8H2,1-4H3. The lowest BCUT2D eigenvalue weighted by Crippen LogP contribution is -2.28. The molecule has 0 saturated heterocycles. The van der Waals surface area contributed by atoms with Crippen LogP contribution in [0.1, 0.15) is 27.2 Å². The molecule has 20 heavy (non-hydrogen) atoms. The SMILES string of the molecule is COC(=O)Cn1ncc(NCCC(C)(C)C)c(Cl)c1=O. The molecule has 7 heteroatoms. The topological polar surface area (TPSA) is 73.2 Å². The van der Waals surface area contributed by atoms with Crippen molar-refractivity contribution in [3.63, 3.8) is 0 Å². The summed E-state index contributed by atoms with van der Waals surface area (Å²) in [5.41, 5.74) is 0.145. The Kier molecular flexibility index (Phi) is 5.56. The Bertz CT molecular complexity index is 535. The van der Waals surface area contributed by atoms with E-state index in [1.165, 1.54) is 13.3 Å². The molecule has 1 heterocycles. The minimum Gasteiger partial charge on any atom is -0.468 e. The first kappa shape index (κ1) is 16.5. The molecule has 0 aliphatic rings. The first-order chi connectivity index (χ1) is 9.24. The van der Waals surface area contributed by atoms with Crippen LogP contribution in [0, 0.1) is 5.41 Å². The van der Waals surface area contributed by atoms with E-state index < -0.39 is 11.5 Å². The van der Waals surface area contributed by atoms with Crippen LogP contribution in [0.4, 0.5) is 5.69 Å². The molecule has 6 nitrogen and oxygen atoms in total. The smallest absolute Gasteiger partial charge is 0.327 e. The van der Waals surface area contributed by atoms with Gasteiger partial charge in [0.2, 0.25) is 0 Å². The summed E-state index contributed by atoms with van der Waals surface area (Å²) in [4.78, 5) is 23.1. The third-order valence-corrected chi connectivity index (χ3v) is 3.05. The monoisotopic (exact) mass is 301 g/mol. The normalized spacial score (nSPS) is 11.2. The number of halogens is 1. The van der Waals surface area contributed by atoms with Gasteiger partial charge in [-0.3, -0.25) is 9.59 Å². The van der Waals surface area contributed by atoms with Crippen molar-refractivity contribution in [2.45, 2.75) is 33.7 Å². The van der Waals surface area contributed by atoms with Crippen LogP contribution in [0.15, 0.2) is 11.0 Å². The fourth-order valence-electron chi connectivity index (χ4n) is 1.46. The van der Waals surface area contributed by atoms with E-state index in [9.17, 15) is 9.59 Å². The molecular weight excluding hydrogens is 282 g/mol. The van der Waals surface area contributed by atoms with Gasteiger partial charge in [0.25, 0.3) is 5.56 Å². The lowest BCUT2D eigenvalue weighted by molar-refractivity contribution is -0.141. The summed E-state index contributed by atoms with van der Waals surface area (Å²) in [6.07, 6.45) is 2.36. The van der Waals surface area contributed by atoms with E-state index in [-0.39, 0.29) is 17.0 Å². The van der Waals surface area contributed by atoms with Crippen LogP contribution >= 0.6 is 11.6 Å². The highest BCUT2D eigenvalue weighted by molar-refractivity contribution is 6.32. The number of aromatic nitrogens is 2. The summed E-state index contributed by atoms with van der Waals surface area (Å²) >= 11 is 5.99. The Hall–Kier alpha value is -1.56. The number of anilines is 1. The number of carbonyl (C=O) groups excluding carboxylic acids is 1. The van der Waals surface area contributed by atoms with Crippen LogP contribution in [-0.2, 0) is 16.1 Å². The largest absolute Gasteiger partial charge is 0.468 e. The zero-order valence-corrected chi connectivity index (χ0v) is 13.0. The fraction of sp³-hybridized carbons (Fsp3) is 0.615. The maximum atomic E-state index is 11.9. The molecule has 0 aromatic carbocycles. The molecule has 1 N–H and O–H groups in total. The number of nitrogens with one attached hydrogen (secondary N) is 1. The molecule has 1 aromatic heterocycles. The lowest BCUT2D eigenvalue weighted by atomic mass is 9.92. The number of rotatable bonds is 5. The number of hydrogen-bond donors (Lipinski definition) is 1. The van der Waals surface area contributed by atoms with Crippen molar-refractivity contribution in [3.8, 4) is 0 Å². The summed E-state index contributed by atoms with van der Waals surface area (Å²) < 4.78 is 5.46. The maximum absolute atomic E-state index is 11.9. The molecule has 0 fully saturated rings. The number of esters is 1. The molecule has 0 aliphatic carbocycles. The summed E-state index contributed by atoms with van der Waals surface area (Å²) in [6.45, 7) is 6.82. The minimum absolute atomic E-state index is 0.0258. The van der Waals surface area contributed by atoms with Crippen LogP contribution in [0.3, 0.4) is 0 Å². The zero-order valence-electron chi connectivity index (χ0n) is 12.2. The summed E-state index contributed by atoms with van der Waals surface area (Å²) in [5, 5.41) is 7.01. The first-order valence-electron chi connectivity index (χ1n) is 6.31. The van der Waals surface area contributed by atoms with Crippen molar-refractivity contribution >= 4 is 23.3 Å². The molecule has 1 aromatic rings. The Labute approximate surface area is 123 Å². The van der Waals surface area contributed by atoms with E-state index in [1.807, 2.05) is 0 Å². The van der Waals surface area contributed by atoms with E-state index in [2.05, 4.69) is 35.9 Å². The third kappa shape index (κ3) is 4.85. The maximum Gasteiger partial charge on any atom is 0.327 e. The second-order valence-corrected chi connectivity index (χ2v) is 6.03. The molecule has 0 amide bonds. The number of carbonyl (C=O) groups is 1. The first-order valence-corrected chi connectivity index (χ1v) is 6.68. The molecule has 112 valence electrons. The van der Waals surface area contributed by atoms with Crippen molar-refractivity contribution in [1.29, 1.82) is 0 Å². The lowest BCUT2D eigenvalue weighted by Gasteiger charge is -2.18. The van der Waals surface area contributed by atoms with Gasteiger partial charge >= 0.3 is 5.97 Å². The quantitative estimate of drug-likeness (QED) is 0.841. The van der Waals surface area contributed by atoms with Crippen LogP contribution in [0.2, 0.25) is 5.02 Å². The van der Waals surface area contributed by atoms with E-state index in [1.54, 1.807) is 0 Å². The Morgan fingerprint density at radius 1 is 1.50 bits per heavy atom. The summed E-state index contributed by atoms with van der Waals surface area (Å²) in [6, 6.07) is 0. The van der Waals surface area contributed by atoms with Gasteiger partial charge in [-0.15, -0.1) is 0 Å². The summed E-state index contributed by atoms with van der Waals surface area (Å²) in [5.74, 6) is -0.552. The second kappa shape index (κ2) is 6.74.